The monoisotopic (exact) mass is 468 g/mol. The number of phenols is 1. The summed E-state index contributed by atoms with van der Waals surface area (Å²) in [6.45, 7) is 5.17. The maximum absolute atomic E-state index is 12.6. The molecule has 4 atom stereocenters. The zero-order valence-corrected chi connectivity index (χ0v) is 19.3. The molecule has 178 valence electrons. The van der Waals surface area contributed by atoms with E-state index in [2.05, 4.69) is 28.6 Å². The first-order valence-electron chi connectivity index (χ1n) is 10.2. The Kier molecular flexibility index (Phi) is 11.0. The minimum Gasteiger partial charge on any atom is -0.508 e. The third-order valence-electron chi connectivity index (χ3n) is 4.62. The highest BCUT2D eigenvalue weighted by atomic mass is 32.1. The summed E-state index contributed by atoms with van der Waals surface area (Å²) in [7, 11) is 0. The number of amides is 3. The standard InChI is InChI=1S/C21H32N4O6S/c1-11(2)8-16(20(29)25-17(10-32)21(30)31)24-18(27)12(3)23-19(28)15(22)9-13-4-6-14(26)7-5-13/h4-7,11-12,15-17,26,32H,8-10,22H2,1-3H3,(H,23,28)(H,24,27)(H,25,29)(H,30,31). The number of rotatable bonds is 12. The third kappa shape index (κ3) is 9.15. The molecule has 7 N–H and O–H groups in total. The van der Waals surface area contributed by atoms with Crippen molar-refractivity contribution in [1.29, 1.82) is 0 Å². The van der Waals surface area contributed by atoms with Gasteiger partial charge in [-0.25, -0.2) is 4.79 Å². The molecule has 0 spiro atoms. The summed E-state index contributed by atoms with van der Waals surface area (Å²) in [5, 5.41) is 25.9. The van der Waals surface area contributed by atoms with Gasteiger partial charge in [-0.1, -0.05) is 26.0 Å². The van der Waals surface area contributed by atoms with E-state index in [4.69, 9.17) is 10.8 Å². The minimum atomic E-state index is -1.23. The Hall–Kier alpha value is -2.79. The zero-order chi connectivity index (χ0) is 24.4. The van der Waals surface area contributed by atoms with Crippen molar-refractivity contribution < 1.29 is 29.4 Å². The summed E-state index contributed by atoms with van der Waals surface area (Å²) >= 11 is 3.91. The highest BCUT2D eigenvalue weighted by molar-refractivity contribution is 7.80. The second-order valence-electron chi connectivity index (χ2n) is 7.98. The van der Waals surface area contributed by atoms with Gasteiger partial charge in [-0.05, 0) is 43.4 Å². The Labute approximate surface area is 192 Å². The van der Waals surface area contributed by atoms with Crippen molar-refractivity contribution in [2.45, 2.75) is 57.8 Å². The van der Waals surface area contributed by atoms with Crippen LogP contribution < -0.4 is 21.7 Å². The molecule has 0 aliphatic rings. The van der Waals surface area contributed by atoms with Crippen LogP contribution in [-0.2, 0) is 25.6 Å². The van der Waals surface area contributed by atoms with Crippen LogP contribution in [0.25, 0.3) is 0 Å². The molecular formula is C21H32N4O6S. The number of benzene rings is 1. The van der Waals surface area contributed by atoms with Crippen LogP contribution in [0.2, 0.25) is 0 Å². The number of aliphatic carboxylic acids is 1. The molecule has 11 heteroatoms. The van der Waals surface area contributed by atoms with Gasteiger partial charge in [-0.2, -0.15) is 12.6 Å². The Morgan fingerprint density at radius 3 is 2.00 bits per heavy atom. The van der Waals surface area contributed by atoms with E-state index in [1.807, 2.05) is 13.8 Å². The van der Waals surface area contributed by atoms with Gasteiger partial charge < -0.3 is 31.9 Å². The van der Waals surface area contributed by atoms with E-state index in [0.29, 0.717) is 0 Å². The minimum absolute atomic E-state index is 0.0361. The second kappa shape index (κ2) is 12.9. The normalized spacial score (nSPS) is 14.7. The van der Waals surface area contributed by atoms with Crippen molar-refractivity contribution >= 4 is 36.3 Å². The molecular weight excluding hydrogens is 436 g/mol. The Bertz CT molecular complexity index is 802. The summed E-state index contributed by atoms with van der Waals surface area (Å²) < 4.78 is 0. The van der Waals surface area contributed by atoms with Crippen LogP contribution in [0.1, 0.15) is 32.8 Å². The van der Waals surface area contributed by atoms with Gasteiger partial charge >= 0.3 is 5.97 Å². The average molecular weight is 469 g/mol. The van der Waals surface area contributed by atoms with Gasteiger partial charge in [0.1, 0.15) is 23.9 Å². The molecule has 1 rings (SSSR count). The van der Waals surface area contributed by atoms with Gasteiger partial charge in [0.25, 0.3) is 0 Å². The number of nitrogens with two attached hydrogens (primary N) is 1. The largest absolute Gasteiger partial charge is 0.508 e. The number of carboxylic acids is 1. The van der Waals surface area contributed by atoms with E-state index >= 15 is 0 Å². The van der Waals surface area contributed by atoms with Crippen LogP contribution >= 0.6 is 12.6 Å². The van der Waals surface area contributed by atoms with Gasteiger partial charge in [-0.15, -0.1) is 0 Å². The van der Waals surface area contributed by atoms with E-state index in [0.717, 1.165) is 5.56 Å². The molecule has 0 aliphatic heterocycles. The van der Waals surface area contributed by atoms with Crippen molar-refractivity contribution in [2.24, 2.45) is 11.7 Å². The number of hydrogen-bond donors (Lipinski definition) is 7. The van der Waals surface area contributed by atoms with Crippen molar-refractivity contribution in [1.82, 2.24) is 16.0 Å². The molecule has 0 radical (unpaired) electrons. The molecule has 3 amide bonds. The molecule has 1 aromatic rings. The van der Waals surface area contributed by atoms with E-state index in [-0.39, 0.29) is 30.3 Å². The molecule has 0 heterocycles. The SMILES string of the molecule is CC(C)CC(NC(=O)C(C)NC(=O)C(N)Cc1ccc(O)cc1)C(=O)NC(CS)C(=O)O. The van der Waals surface area contributed by atoms with E-state index in [1.54, 1.807) is 12.1 Å². The van der Waals surface area contributed by atoms with Gasteiger partial charge in [0.15, 0.2) is 0 Å². The summed E-state index contributed by atoms with van der Waals surface area (Å²) in [5.41, 5.74) is 6.66. The highest BCUT2D eigenvalue weighted by Gasteiger charge is 2.28. The summed E-state index contributed by atoms with van der Waals surface area (Å²) in [6, 6.07) is 2.19. The molecule has 0 bridgehead atoms. The lowest BCUT2D eigenvalue weighted by molar-refractivity contribution is -0.141. The summed E-state index contributed by atoms with van der Waals surface area (Å²) in [6.07, 6.45) is 0.483. The number of phenolic OH excluding ortho intramolecular Hbond substituents is 1. The third-order valence-corrected chi connectivity index (χ3v) is 4.98. The van der Waals surface area contributed by atoms with Gasteiger partial charge in [0.2, 0.25) is 17.7 Å². The predicted molar refractivity (Wildman–Crippen MR) is 122 cm³/mol. The number of carbonyl (C=O) groups is 4. The van der Waals surface area contributed by atoms with Crippen LogP contribution in [-0.4, -0.2) is 63.8 Å². The van der Waals surface area contributed by atoms with Crippen molar-refractivity contribution in [2.75, 3.05) is 5.75 Å². The Morgan fingerprint density at radius 2 is 1.50 bits per heavy atom. The molecule has 1 aromatic carbocycles. The lowest BCUT2D eigenvalue weighted by Gasteiger charge is -2.24. The summed E-state index contributed by atoms with van der Waals surface area (Å²) in [4.78, 5) is 48.6. The molecule has 0 saturated heterocycles. The molecule has 0 aromatic heterocycles. The number of carboxylic acid groups (broad SMARTS) is 1. The first-order valence-corrected chi connectivity index (χ1v) is 10.9. The number of aromatic hydroxyl groups is 1. The van der Waals surface area contributed by atoms with Crippen LogP contribution in [0, 0.1) is 5.92 Å². The number of thiol groups is 1. The lowest BCUT2D eigenvalue weighted by atomic mass is 10.0. The first kappa shape index (κ1) is 27.2. The second-order valence-corrected chi connectivity index (χ2v) is 8.35. The number of carbonyl (C=O) groups excluding carboxylic acids is 3. The maximum Gasteiger partial charge on any atom is 0.327 e. The number of hydrogen-bond acceptors (Lipinski definition) is 7. The van der Waals surface area contributed by atoms with E-state index in [9.17, 15) is 24.3 Å². The molecule has 0 saturated carbocycles. The fourth-order valence-corrected chi connectivity index (χ4v) is 3.07. The fraction of sp³-hybridized carbons (Fsp3) is 0.524. The fourth-order valence-electron chi connectivity index (χ4n) is 2.82. The molecule has 32 heavy (non-hydrogen) atoms. The Balaban J connectivity index is 2.71. The van der Waals surface area contributed by atoms with E-state index < -0.39 is 47.9 Å². The van der Waals surface area contributed by atoms with Gasteiger partial charge in [0, 0.05) is 5.75 Å². The van der Waals surface area contributed by atoms with E-state index in [1.165, 1.54) is 19.1 Å². The molecule has 0 aliphatic carbocycles. The number of nitrogens with one attached hydrogen (secondary N) is 3. The predicted octanol–water partition coefficient (Wildman–Crippen LogP) is -0.203. The summed E-state index contributed by atoms with van der Waals surface area (Å²) in [5.74, 6) is -2.99. The zero-order valence-electron chi connectivity index (χ0n) is 18.4. The molecule has 10 nitrogen and oxygen atoms in total. The van der Waals surface area contributed by atoms with Gasteiger partial charge in [-0.3, -0.25) is 14.4 Å². The maximum atomic E-state index is 12.6. The quantitative estimate of drug-likeness (QED) is 0.208. The van der Waals surface area contributed by atoms with Crippen molar-refractivity contribution in [3.05, 3.63) is 29.8 Å². The van der Waals surface area contributed by atoms with Crippen LogP contribution in [0.3, 0.4) is 0 Å². The van der Waals surface area contributed by atoms with Crippen LogP contribution in [0.4, 0.5) is 0 Å². The van der Waals surface area contributed by atoms with Gasteiger partial charge in [0.05, 0.1) is 6.04 Å². The topological polar surface area (TPSA) is 171 Å². The molecule has 4 unspecified atom stereocenters. The van der Waals surface area contributed by atoms with Crippen molar-refractivity contribution in [3.63, 3.8) is 0 Å². The average Bonchev–Trinajstić information content (AvgIpc) is 2.72. The first-order chi connectivity index (χ1) is 14.9. The van der Waals surface area contributed by atoms with Crippen LogP contribution in [0.15, 0.2) is 24.3 Å². The smallest absolute Gasteiger partial charge is 0.327 e. The Morgan fingerprint density at radius 1 is 0.938 bits per heavy atom. The molecule has 0 fully saturated rings. The van der Waals surface area contributed by atoms with Crippen LogP contribution in [0.5, 0.6) is 5.75 Å². The lowest BCUT2D eigenvalue weighted by Crippen LogP contribution is -2.57. The van der Waals surface area contributed by atoms with Crippen molar-refractivity contribution in [3.8, 4) is 5.75 Å². The highest BCUT2D eigenvalue weighted by Crippen LogP contribution is 2.11.